The van der Waals surface area contributed by atoms with E-state index in [4.69, 9.17) is 0 Å². The summed E-state index contributed by atoms with van der Waals surface area (Å²) in [6.07, 6.45) is 0. The van der Waals surface area contributed by atoms with Crippen LogP contribution in [0.1, 0.15) is 0 Å². The molecule has 0 heterocycles. The van der Waals surface area contributed by atoms with Gasteiger partial charge in [-0.25, -0.2) is 24.3 Å². The van der Waals surface area contributed by atoms with Crippen molar-refractivity contribution in [2.24, 2.45) is 0 Å². The van der Waals surface area contributed by atoms with Crippen molar-refractivity contribution in [1.29, 1.82) is 0 Å². The first-order chi connectivity index (χ1) is 2.50. The van der Waals surface area contributed by atoms with Crippen molar-refractivity contribution in [2.75, 3.05) is 0 Å². The number of hydrogen-bond acceptors (Lipinski definition) is 0. The molecule has 0 bridgehead atoms. The van der Waals surface area contributed by atoms with Crippen LogP contribution in [0.5, 0.6) is 0 Å². The molecule has 5 heavy (non-hydrogen) atoms. The SMILES string of the molecule is c1c#c[cH-]c#1. The van der Waals surface area contributed by atoms with Crippen molar-refractivity contribution in [2.45, 2.75) is 0 Å². The molecule has 0 unspecified atom stereocenters. The summed E-state index contributed by atoms with van der Waals surface area (Å²) in [6.45, 7) is 0. The van der Waals surface area contributed by atoms with Crippen molar-refractivity contribution in [3.05, 3.63) is 30.3 Å². The van der Waals surface area contributed by atoms with Gasteiger partial charge in [0.25, 0.3) is 0 Å². The standard InChI is InChI=1S/C5H/c1-2-4-5-3-1/h1H/q-1. The van der Waals surface area contributed by atoms with Gasteiger partial charge in [0, 0.05) is 0 Å². The molecule has 0 radical (unpaired) electrons. The second-order valence-corrected chi connectivity index (χ2v) is 0.683. The van der Waals surface area contributed by atoms with Crippen molar-refractivity contribution in [3.63, 3.8) is 0 Å². The minimum Gasteiger partial charge on any atom is -0.246 e. The Morgan fingerprint density at radius 1 is 1.00 bits per heavy atom. The maximum absolute atomic E-state index is 2.62. The van der Waals surface area contributed by atoms with Crippen LogP contribution in [-0.4, -0.2) is 0 Å². The zero-order valence-electron chi connectivity index (χ0n) is 2.58. The lowest BCUT2D eigenvalue weighted by molar-refractivity contribution is 2.05. The molecule has 0 aliphatic carbocycles. The monoisotopic (exact) mass is 61.0 g/mol. The molecule has 0 atom stereocenters. The van der Waals surface area contributed by atoms with Crippen LogP contribution >= 0.6 is 0 Å². The zero-order valence-corrected chi connectivity index (χ0v) is 2.58. The molecule has 0 N–H and O–H groups in total. The fourth-order valence-corrected chi connectivity index (χ4v) is 0.180. The Morgan fingerprint density at radius 3 is 1.80 bits per heavy atom. The first-order valence-electron chi connectivity index (χ1n) is 1.33. The van der Waals surface area contributed by atoms with Crippen molar-refractivity contribution >= 4 is 0 Å². The molecule has 0 spiro atoms. The molecule has 0 fully saturated rings. The fraction of sp³-hybridized carbons (Fsp3) is 0. The molecule has 1 rings (SSSR count). The van der Waals surface area contributed by atoms with E-state index in [9.17, 15) is 0 Å². The highest BCUT2D eigenvalue weighted by atomic mass is 13.5. The van der Waals surface area contributed by atoms with Crippen LogP contribution in [0, 0.1) is 24.3 Å². The molecule has 22 valence electrons. The minimum absolute atomic E-state index is 1.64. The van der Waals surface area contributed by atoms with Gasteiger partial charge in [0.15, 0.2) is 0 Å². The lowest BCUT2D eigenvalue weighted by atomic mass is 10.8. The van der Waals surface area contributed by atoms with Crippen LogP contribution in [0.3, 0.4) is 0 Å². The molecule has 0 amide bonds. The number of hydrogen-bond donors (Lipinski definition) is 0. The molecule has 1 aromatic rings. The maximum atomic E-state index is 2.62. The fourth-order valence-electron chi connectivity index (χ4n) is 0.180. The van der Waals surface area contributed by atoms with Gasteiger partial charge in [0.2, 0.25) is 0 Å². The lowest BCUT2D eigenvalue weighted by Crippen LogP contribution is -1.12. The Labute approximate surface area is 31.4 Å². The van der Waals surface area contributed by atoms with Gasteiger partial charge in [-0.2, -0.15) is 0 Å². The predicted octanol–water partition coefficient (Wildman–Crippen LogP) is 0.606. The van der Waals surface area contributed by atoms with E-state index in [2.05, 4.69) is 24.3 Å². The maximum Gasteiger partial charge on any atom is -0.0757 e. The van der Waals surface area contributed by atoms with Gasteiger partial charge < -0.3 is 0 Å². The molecule has 0 aliphatic heterocycles. The molecular weight excluding hydrogens is 60.1 g/mol. The van der Waals surface area contributed by atoms with Crippen molar-refractivity contribution < 1.29 is 0 Å². The van der Waals surface area contributed by atoms with Crippen LogP contribution in [-0.2, 0) is 0 Å². The van der Waals surface area contributed by atoms with Crippen LogP contribution in [0.25, 0.3) is 0 Å². The molecular formula is C5H-. The second kappa shape index (κ2) is 0.744. The molecule has 0 aromatic heterocycles. The molecule has 0 heteroatoms. The zero-order chi connectivity index (χ0) is 3.54. The molecule has 0 saturated carbocycles. The summed E-state index contributed by atoms with van der Waals surface area (Å²) in [4.78, 5) is 0. The summed E-state index contributed by atoms with van der Waals surface area (Å²) in [7, 11) is 0. The van der Waals surface area contributed by atoms with Gasteiger partial charge in [-0.05, 0) is 0 Å². The number of rotatable bonds is 0. The minimum atomic E-state index is 1.64. The van der Waals surface area contributed by atoms with Crippen LogP contribution in [0.4, 0.5) is 0 Å². The van der Waals surface area contributed by atoms with E-state index in [0.29, 0.717) is 0 Å². The quantitative estimate of drug-likeness (QED) is 0.385. The second-order valence-electron chi connectivity index (χ2n) is 0.683. The predicted molar refractivity (Wildman–Crippen MR) is 17.4 cm³/mol. The topological polar surface area (TPSA) is 0 Å². The molecule has 0 saturated heterocycles. The summed E-state index contributed by atoms with van der Waals surface area (Å²) in [6, 6.07) is 12.0. The highest BCUT2D eigenvalue weighted by molar-refractivity contribution is 4.72. The smallest absolute Gasteiger partial charge is 0.0757 e. The third-order valence-electron chi connectivity index (χ3n) is 0.351. The Bertz CT molecular complexity index is 56.5. The average molecular weight is 61.1 g/mol. The van der Waals surface area contributed by atoms with Crippen LogP contribution in [0.15, 0.2) is 6.07 Å². The highest BCUT2D eigenvalue weighted by Crippen LogP contribution is 1.55. The molecule has 0 aliphatic rings. The van der Waals surface area contributed by atoms with E-state index >= 15 is 0 Å². The summed E-state index contributed by atoms with van der Waals surface area (Å²) in [5.41, 5.74) is 0. The van der Waals surface area contributed by atoms with Crippen LogP contribution in [0.2, 0.25) is 0 Å². The van der Waals surface area contributed by atoms with Gasteiger partial charge >= 0.3 is 0 Å². The van der Waals surface area contributed by atoms with E-state index in [1.165, 1.54) is 0 Å². The molecule has 1 aromatic carbocycles. The highest BCUT2D eigenvalue weighted by Gasteiger charge is 1.27. The van der Waals surface area contributed by atoms with Gasteiger partial charge in [-0.1, -0.05) is 6.07 Å². The third-order valence-corrected chi connectivity index (χ3v) is 0.351. The average Bonchev–Trinajstić information content (AvgIpc) is 1.76. The lowest BCUT2D eigenvalue weighted by Gasteiger charge is -1.39. The largest absolute Gasteiger partial charge is 0.246 e. The van der Waals surface area contributed by atoms with Gasteiger partial charge in [-0.15, -0.1) is 0 Å². The first kappa shape index (κ1) is 2.24. The van der Waals surface area contributed by atoms with E-state index in [0.717, 1.165) is 0 Å². The third kappa shape index (κ3) is 0.184. The van der Waals surface area contributed by atoms with Gasteiger partial charge in [0.1, 0.15) is 0 Å². The van der Waals surface area contributed by atoms with E-state index < -0.39 is 0 Å². The Balaban J connectivity index is 3.13. The summed E-state index contributed by atoms with van der Waals surface area (Å²) < 4.78 is 0. The van der Waals surface area contributed by atoms with Gasteiger partial charge in [-0.3, -0.25) is 0 Å². The van der Waals surface area contributed by atoms with Gasteiger partial charge in [0.05, 0.1) is 0 Å². The molecule has 0 nitrogen and oxygen atoms in total. The first-order valence-corrected chi connectivity index (χ1v) is 1.33. The Kier molecular flexibility index (Phi) is 0.333. The van der Waals surface area contributed by atoms with Crippen molar-refractivity contribution in [1.82, 2.24) is 0 Å². The Morgan fingerprint density at radius 2 is 1.60 bits per heavy atom. The summed E-state index contributed by atoms with van der Waals surface area (Å²) in [5.74, 6) is 0. The Hall–Kier alpha value is -1.01. The normalized spacial score (nSPS) is 4.80. The van der Waals surface area contributed by atoms with E-state index in [-0.39, 0.29) is 0 Å². The summed E-state index contributed by atoms with van der Waals surface area (Å²) in [5, 5.41) is 0. The van der Waals surface area contributed by atoms with E-state index in [1.54, 1.807) is 6.07 Å². The van der Waals surface area contributed by atoms with Crippen molar-refractivity contribution in [3.8, 4) is 0 Å². The van der Waals surface area contributed by atoms with E-state index in [1.807, 2.05) is 0 Å². The summed E-state index contributed by atoms with van der Waals surface area (Å²) >= 11 is 0. The van der Waals surface area contributed by atoms with Crippen LogP contribution < -0.4 is 0 Å².